The van der Waals surface area contributed by atoms with E-state index in [0.29, 0.717) is 18.3 Å². The van der Waals surface area contributed by atoms with Crippen LogP contribution >= 0.6 is 0 Å². The van der Waals surface area contributed by atoms with Gasteiger partial charge in [0, 0.05) is 18.0 Å². The molecule has 0 radical (unpaired) electrons. The van der Waals surface area contributed by atoms with Crippen molar-refractivity contribution < 1.29 is 9.50 Å². The van der Waals surface area contributed by atoms with E-state index in [1.807, 2.05) is 24.3 Å². The van der Waals surface area contributed by atoms with Crippen molar-refractivity contribution in [3.8, 4) is 17.1 Å². The van der Waals surface area contributed by atoms with Gasteiger partial charge in [0.2, 0.25) is 0 Å². The molecule has 25 heavy (non-hydrogen) atoms. The van der Waals surface area contributed by atoms with Crippen LogP contribution in [0.4, 0.5) is 10.2 Å². The lowest BCUT2D eigenvalue weighted by atomic mass is 10.1. The van der Waals surface area contributed by atoms with E-state index in [1.54, 1.807) is 0 Å². The molecule has 128 valence electrons. The molecular formula is C19H19FN4O. The van der Waals surface area contributed by atoms with Crippen LogP contribution in [-0.4, -0.2) is 27.7 Å². The molecule has 4 N–H and O–H groups in total. The van der Waals surface area contributed by atoms with Gasteiger partial charge in [0.05, 0.1) is 11.1 Å². The Labute approximate surface area is 144 Å². The van der Waals surface area contributed by atoms with Crippen LogP contribution in [-0.2, 0) is 0 Å². The van der Waals surface area contributed by atoms with Crippen molar-refractivity contribution in [3.05, 3.63) is 48.3 Å². The van der Waals surface area contributed by atoms with Gasteiger partial charge < -0.3 is 16.2 Å². The molecule has 1 aromatic heterocycles. The van der Waals surface area contributed by atoms with Gasteiger partial charge in [-0.05, 0) is 49.1 Å². The van der Waals surface area contributed by atoms with Gasteiger partial charge in [-0.15, -0.1) is 0 Å². The predicted octanol–water partition coefficient (Wildman–Crippen LogP) is 3.29. The van der Waals surface area contributed by atoms with Gasteiger partial charge in [-0.2, -0.15) is 0 Å². The molecule has 1 fully saturated rings. The average Bonchev–Trinajstić information content (AvgIpc) is 3.46. The van der Waals surface area contributed by atoms with Gasteiger partial charge in [-0.1, -0.05) is 12.1 Å². The van der Waals surface area contributed by atoms with Crippen molar-refractivity contribution >= 4 is 16.7 Å². The summed E-state index contributed by atoms with van der Waals surface area (Å²) in [6.45, 7) is 0.611. The molecule has 4 rings (SSSR count). The molecule has 1 aliphatic rings. The number of para-hydroxylation sites is 1. The fourth-order valence-corrected chi connectivity index (χ4v) is 2.92. The number of hydrogen-bond donors (Lipinski definition) is 3. The van der Waals surface area contributed by atoms with Gasteiger partial charge in [0.1, 0.15) is 17.4 Å². The fraction of sp³-hybridized carbons (Fsp3) is 0.263. The zero-order valence-corrected chi connectivity index (χ0v) is 13.6. The first-order chi connectivity index (χ1) is 12.1. The minimum atomic E-state index is -0.449. The lowest BCUT2D eigenvalue weighted by Crippen LogP contribution is -2.31. The first-order valence-corrected chi connectivity index (χ1v) is 8.37. The maximum atomic E-state index is 13.6. The average molecular weight is 338 g/mol. The second-order valence-corrected chi connectivity index (χ2v) is 6.46. The number of fused-ring (bicyclic) bond motifs is 1. The number of nitrogens with two attached hydrogens (primary N) is 1. The summed E-state index contributed by atoms with van der Waals surface area (Å²) < 4.78 is 13.6. The van der Waals surface area contributed by atoms with Gasteiger partial charge in [0.15, 0.2) is 5.82 Å². The molecule has 5 nitrogen and oxygen atoms in total. The van der Waals surface area contributed by atoms with Gasteiger partial charge in [-0.25, -0.2) is 14.4 Å². The number of nitrogens with zero attached hydrogens (tertiary/aromatic N) is 2. The van der Waals surface area contributed by atoms with Gasteiger partial charge in [-0.3, -0.25) is 0 Å². The summed E-state index contributed by atoms with van der Waals surface area (Å²) in [5, 5.41) is 14.2. The normalized spacial score (nSPS) is 15.3. The summed E-state index contributed by atoms with van der Waals surface area (Å²) in [6.07, 6.45) is 2.35. The SMILES string of the molecule is NC(CNc1nc(-c2cc(F)ccc2O)nc2ccccc12)C1CC1. The molecule has 0 amide bonds. The summed E-state index contributed by atoms with van der Waals surface area (Å²) in [5.74, 6) is 0.984. The second kappa shape index (κ2) is 6.29. The Balaban J connectivity index is 1.76. The summed E-state index contributed by atoms with van der Waals surface area (Å²) in [7, 11) is 0. The summed E-state index contributed by atoms with van der Waals surface area (Å²) in [4.78, 5) is 8.99. The van der Waals surface area contributed by atoms with Crippen LogP contribution in [0.5, 0.6) is 5.75 Å². The molecular weight excluding hydrogens is 319 g/mol. The zero-order chi connectivity index (χ0) is 17.4. The molecule has 1 unspecified atom stereocenters. The monoisotopic (exact) mass is 338 g/mol. The smallest absolute Gasteiger partial charge is 0.165 e. The van der Waals surface area contributed by atoms with E-state index in [1.165, 1.54) is 31.0 Å². The predicted molar refractivity (Wildman–Crippen MR) is 95.8 cm³/mol. The van der Waals surface area contributed by atoms with E-state index in [4.69, 9.17) is 5.73 Å². The number of halogens is 1. The van der Waals surface area contributed by atoms with Crippen LogP contribution in [0.1, 0.15) is 12.8 Å². The van der Waals surface area contributed by atoms with Crippen molar-refractivity contribution in [1.29, 1.82) is 0 Å². The third kappa shape index (κ3) is 3.25. The molecule has 6 heteroatoms. The minimum Gasteiger partial charge on any atom is -0.507 e. The molecule has 0 aliphatic heterocycles. The molecule has 0 saturated heterocycles. The standard InChI is InChI=1S/C19H19FN4O/c20-12-7-8-17(25)14(9-12)19-23-16-4-2-1-3-13(16)18(24-19)22-10-15(21)11-5-6-11/h1-4,7-9,11,15,25H,5-6,10,21H2,(H,22,23,24). The quantitative estimate of drug-likeness (QED) is 0.665. The van der Waals surface area contributed by atoms with Crippen LogP contribution in [0, 0.1) is 11.7 Å². The first-order valence-electron chi connectivity index (χ1n) is 8.37. The number of phenolic OH excluding ortho intramolecular Hbond substituents is 1. The molecule has 2 aromatic carbocycles. The molecule has 0 spiro atoms. The summed E-state index contributed by atoms with van der Waals surface area (Å²) in [6, 6.07) is 11.4. The Morgan fingerprint density at radius 1 is 1.20 bits per heavy atom. The van der Waals surface area contributed by atoms with Crippen LogP contribution in [0.15, 0.2) is 42.5 Å². The number of anilines is 1. The number of benzene rings is 2. The largest absolute Gasteiger partial charge is 0.507 e. The van der Waals surface area contributed by atoms with E-state index in [0.717, 1.165) is 10.9 Å². The van der Waals surface area contributed by atoms with E-state index < -0.39 is 5.82 Å². The highest BCUT2D eigenvalue weighted by molar-refractivity contribution is 5.90. The Morgan fingerprint density at radius 2 is 2.00 bits per heavy atom. The van der Waals surface area contributed by atoms with Crippen molar-refractivity contribution in [3.63, 3.8) is 0 Å². The Morgan fingerprint density at radius 3 is 2.80 bits per heavy atom. The van der Waals surface area contributed by atoms with Crippen LogP contribution in [0.2, 0.25) is 0 Å². The highest BCUT2D eigenvalue weighted by Gasteiger charge is 2.28. The maximum absolute atomic E-state index is 13.6. The number of nitrogens with one attached hydrogen (secondary N) is 1. The summed E-state index contributed by atoms with van der Waals surface area (Å²) in [5.41, 5.74) is 7.15. The van der Waals surface area contributed by atoms with E-state index in [-0.39, 0.29) is 23.2 Å². The third-order valence-corrected chi connectivity index (χ3v) is 4.54. The molecule has 1 atom stereocenters. The Hall–Kier alpha value is -2.73. The highest BCUT2D eigenvalue weighted by Crippen LogP contribution is 2.33. The number of hydrogen-bond acceptors (Lipinski definition) is 5. The topological polar surface area (TPSA) is 84.1 Å². The Bertz CT molecular complexity index is 926. The van der Waals surface area contributed by atoms with Gasteiger partial charge >= 0.3 is 0 Å². The molecule has 3 aromatic rings. The lowest BCUT2D eigenvalue weighted by molar-refractivity contribution is 0.475. The van der Waals surface area contributed by atoms with Crippen molar-refractivity contribution in [2.45, 2.75) is 18.9 Å². The molecule has 1 aliphatic carbocycles. The van der Waals surface area contributed by atoms with E-state index >= 15 is 0 Å². The molecule has 0 bridgehead atoms. The lowest BCUT2D eigenvalue weighted by Gasteiger charge is -2.15. The van der Waals surface area contributed by atoms with E-state index in [9.17, 15) is 9.50 Å². The van der Waals surface area contributed by atoms with Crippen molar-refractivity contribution in [2.24, 2.45) is 11.7 Å². The third-order valence-electron chi connectivity index (χ3n) is 4.54. The number of aromatic hydroxyl groups is 1. The molecule has 1 saturated carbocycles. The molecule has 1 heterocycles. The zero-order valence-electron chi connectivity index (χ0n) is 13.6. The van der Waals surface area contributed by atoms with Crippen LogP contribution in [0.3, 0.4) is 0 Å². The first kappa shape index (κ1) is 15.8. The van der Waals surface area contributed by atoms with E-state index in [2.05, 4.69) is 15.3 Å². The highest BCUT2D eigenvalue weighted by atomic mass is 19.1. The number of phenols is 1. The fourth-order valence-electron chi connectivity index (χ4n) is 2.92. The van der Waals surface area contributed by atoms with Crippen LogP contribution < -0.4 is 11.1 Å². The van der Waals surface area contributed by atoms with Crippen molar-refractivity contribution in [2.75, 3.05) is 11.9 Å². The number of rotatable bonds is 5. The number of aromatic nitrogens is 2. The minimum absolute atomic E-state index is 0.0580. The Kier molecular flexibility index (Phi) is 3.97. The van der Waals surface area contributed by atoms with Crippen molar-refractivity contribution in [1.82, 2.24) is 9.97 Å². The van der Waals surface area contributed by atoms with Crippen LogP contribution in [0.25, 0.3) is 22.3 Å². The summed E-state index contributed by atoms with van der Waals surface area (Å²) >= 11 is 0. The van der Waals surface area contributed by atoms with Gasteiger partial charge in [0.25, 0.3) is 0 Å². The second-order valence-electron chi connectivity index (χ2n) is 6.46. The maximum Gasteiger partial charge on any atom is 0.165 e.